The smallest absolute Gasteiger partial charge is 0.382 e. The summed E-state index contributed by atoms with van der Waals surface area (Å²) in [7, 11) is 0.547. The topological polar surface area (TPSA) is 74.2 Å². The summed E-state index contributed by atoms with van der Waals surface area (Å²) in [6.07, 6.45) is 0.151. The number of phosphoric acid groups is 1. The molecule has 0 saturated carbocycles. The monoisotopic (exact) mass is 252 g/mol. The SMILES string of the molecule is B[C@H]1C[C@](C)(OP(=O)(O)OC)[C@@H](COC)O1. The van der Waals surface area contributed by atoms with Gasteiger partial charge < -0.3 is 14.4 Å². The summed E-state index contributed by atoms with van der Waals surface area (Å²) in [4.78, 5) is 9.34. The lowest BCUT2D eigenvalue weighted by Crippen LogP contribution is -2.40. The van der Waals surface area contributed by atoms with Crippen molar-refractivity contribution in [1.82, 2.24) is 0 Å². The molecule has 1 fully saturated rings. The molecule has 1 unspecified atom stereocenters. The maximum absolute atomic E-state index is 11.4. The standard InChI is InChI=1S/C8H18BO6P/c1-8(15-16(10,11)13-3)4-7(9)14-6(8)5-12-2/h6-7H,4-5,9H2,1-3H3,(H,10,11)/t6-,7-,8+/m1/s1. The fourth-order valence-electron chi connectivity index (χ4n) is 1.94. The molecule has 0 aromatic carbocycles. The second-order valence-electron chi connectivity index (χ2n) is 4.15. The van der Waals surface area contributed by atoms with Gasteiger partial charge in [-0.1, -0.05) is 0 Å². The molecule has 1 aliphatic heterocycles. The van der Waals surface area contributed by atoms with Crippen molar-refractivity contribution in [3.63, 3.8) is 0 Å². The number of rotatable bonds is 5. The zero-order chi connectivity index (χ0) is 12.4. The molecule has 1 saturated heterocycles. The minimum absolute atomic E-state index is 0.0398. The van der Waals surface area contributed by atoms with Gasteiger partial charge in [-0.3, -0.25) is 9.05 Å². The molecule has 0 radical (unpaired) electrons. The number of methoxy groups -OCH3 is 1. The Morgan fingerprint density at radius 2 is 2.25 bits per heavy atom. The van der Waals surface area contributed by atoms with E-state index in [2.05, 4.69) is 4.52 Å². The molecule has 1 rings (SSSR count). The van der Waals surface area contributed by atoms with Gasteiger partial charge in [0.05, 0.1) is 6.61 Å². The van der Waals surface area contributed by atoms with E-state index in [0.717, 1.165) is 7.11 Å². The minimum atomic E-state index is -4.01. The molecule has 0 amide bonds. The van der Waals surface area contributed by atoms with Gasteiger partial charge in [0, 0.05) is 20.2 Å². The first-order valence-electron chi connectivity index (χ1n) is 5.06. The van der Waals surface area contributed by atoms with Gasteiger partial charge in [0.2, 0.25) is 0 Å². The Kier molecular flexibility index (Phi) is 4.57. The average molecular weight is 252 g/mol. The van der Waals surface area contributed by atoms with Crippen molar-refractivity contribution in [1.29, 1.82) is 0 Å². The van der Waals surface area contributed by atoms with Crippen LogP contribution in [-0.4, -0.2) is 51.3 Å². The number of phosphoric ester groups is 1. The molecule has 0 bridgehead atoms. The molecule has 94 valence electrons. The van der Waals surface area contributed by atoms with E-state index >= 15 is 0 Å². The molecule has 8 heteroatoms. The summed E-state index contributed by atoms with van der Waals surface area (Å²) in [5, 5.41) is 0. The van der Waals surface area contributed by atoms with Crippen molar-refractivity contribution >= 4 is 15.7 Å². The van der Waals surface area contributed by atoms with E-state index in [-0.39, 0.29) is 12.1 Å². The van der Waals surface area contributed by atoms with Crippen LogP contribution in [0.1, 0.15) is 13.3 Å². The van der Waals surface area contributed by atoms with Crippen LogP contribution < -0.4 is 0 Å². The van der Waals surface area contributed by atoms with Crippen LogP contribution in [0.25, 0.3) is 0 Å². The Balaban J connectivity index is 2.76. The highest BCUT2D eigenvalue weighted by Crippen LogP contribution is 2.50. The Morgan fingerprint density at radius 1 is 1.62 bits per heavy atom. The van der Waals surface area contributed by atoms with Crippen molar-refractivity contribution in [2.75, 3.05) is 20.8 Å². The van der Waals surface area contributed by atoms with Gasteiger partial charge in [-0.15, -0.1) is 0 Å². The summed E-state index contributed by atoms with van der Waals surface area (Å²) in [6.45, 7) is 2.03. The Bertz CT molecular complexity index is 288. The molecule has 1 N–H and O–H groups in total. The van der Waals surface area contributed by atoms with Crippen molar-refractivity contribution in [3.05, 3.63) is 0 Å². The first-order chi connectivity index (χ1) is 7.33. The molecule has 6 nitrogen and oxygen atoms in total. The van der Waals surface area contributed by atoms with E-state index in [1.165, 1.54) is 0 Å². The third kappa shape index (κ3) is 3.29. The fraction of sp³-hybridized carbons (Fsp3) is 1.00. The highest BCUT2D eigenvalue weighted by molar-refractivity contribution is 7.47. The maximum Gasteiger partial charge on any atom is 0.472 e. The highest BCUT2D eigenvalue weighted by Gasteiger charge is 2.48. The summed E-state index contributed by atoms with van der Waals surface area (Å²) in [6, 6.07) is -0.0398. The first kappa shape index (κ1) is 14.2. The van der Waals surface area contributed by atoms with E-state index in [9.17, 15) is 9.46 Å². The molecular formula is C8H18BO6P. The summed E-state index contributed by atoms with van der Waals surface area (Å²) >= 11 is 0. The lowest BCUT2D eigenvalue weighted by Gasteiger charge is -2.30. The molecule has 1 aliphatic rings. The van der Waals surface area contributed by atoms with Gasteiger partial charge in [-0.05, 0) is 13.3 Å². The van der Waals surface area contributed by atoms with E-state index in [0.29, 0.717) is 13.0 Å². The normalized spacial score (nSPS) is 38.5. The van der Waals surface area contributed by atoms with Gasteiger partial charge in [0.25, 0.3) is 0 Å². The predicted molar refractivity (Wildman–Crippen MR) is 60.0 cm³/mol. The number of ether oxygens (including phenoxy) is 2. The molecule has 0 aromatic rings. The third-order valence-corrected chi connectivity index (χ3v) is 3.75. The summed E-state index contributed by atoms with van der Waals surface area (Å²) < 4.78 is 31.6. The molecule has 1 heterocycles. The molecule has 16 heavy (non-hydrogen) atoms. The van der Waals surface area contributed by atoms with Crippen LogP contribution in [0.5, 0.6) is 0 Å². The van der Waals surface area contributed by atoms with E-state index in [1.807, 2.05) is 7.85 Å². The Morgan fingerprint density at radius 3 is 2.75 bits per heavy atom. The predicted octanol–water partition coefficient (Wildman–Crippen LogP) is -0.0970. The minimum Gasteiger partial charge on any atom is -0.382 e. The van der Waals surface area contributed by atoms with Gasteiger partial charge in [0.15, 0.2) is 0 Å². The Labute approximate surface area is 96.2 Å². The van der Waals surface area contributed by atoms with Crippen LogP contribution in [0, 0.1) is 0 Å². The highest BCUT2D eigenvalue weighted by atomic mass is 31.2. The van der Waals surface area contributed by atoms with Crippen LogP contribution in [0.2, 0.25) is 0 Å². The van der Waals surface area contributed by atoms with Crippen LogP contribution in [0.15, 0.2) is 0 Å². The fourth-order valence-corrected chi connectivity index (χ4v) is 2.73. The van der Waals surface area contributed by atoms with E-state index in [4.69, 9.17) is 14.0 Å². The lowest BCUT2D eigenvalue weighted by molar-refractivity contribution is -0.0613. The lowest BCUT2D eigenvalue weighted by atomic mass is 9.89. The molecule has 0 aliphatic carbocycles. The zero-order valence-corrected chi connectivity index (χ0v) is 10.9. The molecule has 4 atom stereocenters. The van der Waals surface area contributed by atoms with Crippen molar-refractivity contribution in [2.24, 2.45) is 0 Å². The van der Waals surface area contributed by atoms with Crippen LogP contribution in [0.4, 0.5) is 0 Å². The second kappa shape index (κ2) is 5.17. The number of hydrogen-bond donors (Lipinski definition) is 1. The zero-order valence-electron chi connectivity index (χ0n) is 10.0. The van der Waals surface area contributed by atoms with Gasteiger partial charge in [0.1, 0.15) is 19.6 Å². The van der Waals surface area contributed by atoms with Crippen LogP contribution in [0.3, 0.4) is 0 Å². The van der Waals surface area contributed by atoms with Crippen LogP contribution in [-0.2, 0) is 23.1 Å². The largest absolute Gasteiger partial charge is 0.472 e. The summed E-state index contributed by atoms with van der Waals surface area (Å²) in [5.41, 5.74) is -0.865. The van der Waals surface area contributed by atoms with E-state index < -0.39 is 13.4 Å². The summed E-state index contributed by atoms with van der Waals surface area (Å²) in [5.74, 6) is 0. The van der Waals surface area contributed by atoms with Gasteiger partial charge >= 0.3 is 7.82 Å². The quantitative estimate of drug-likeness (QED) is 0.544. The maximum atomic E-state index is 11.4. The second-order valence-corrected chi connectivity index (χ2v) is 5.63. The molecule has 0 aromatic heterocycles. The van der Waals surface area contributed by atoms with Gasteiger partial charge in [-0.2, -0.15) is 0 Å². The van der Waals surface area contributed by atoms with E-state index in [1.54, 1.807) is 14.0 Å². The van der Waals surface area contributed by atoms with Crippen molar-refractivity contribution in [3.8, 4) is 0 Å². The molecule has 0 spiro atoms. The Hall–Kier alpha value is 0.0949. The van der Waals surface area contributed by atoms with Gasteiger partial charge in [-0.25, -0.2) is 4.57 Å². The number of hydrogen-bond acceptors (Lipinski definition) is 5. The van der Waals surface area contributed by atoms with Crippen molar-refractivity contribution < 1.29 is 28.0 Å². The van der Waals surface area contributed by atoms with Crippen molar-refractivity contribution in [2.45, 2.75) is 31.1 Å². The molecular weight excluding hydrogens is 234 g/mol. The third-order valence-electron chi connectivity index (χ3n) is 2.64. The van der Waals surface area contributed by atoms with Crippen LogP contribution >= 0.6 is 7.82 Å². The first-order valence-corrected chi connectivity index (χ1v) is 6.56. The average Bonchev–Trinajstić information content (AvgIpc) is 2.41.